The van der Waals surface area contributed by atoms with E-state index in [4.69, 9.17) is 10.5 Å². The van der Waals surface area contributed by atoms with E-state index in [2.05, 4.69) is 0 Å². The smallest absolute Gasteiger partial charge is 0.330 e. The van der Waals surface area contributed by atoms with E-state index in [-0.39, 0.29) is 11.9 Å². The van der Waals surface area contributed by atoms with E-state index in [0.29, 0.717) is 6.61 Å². The number of esters is 1. The summed E-state index contributed by atoms with van der Waals surface area (Å²) in [6.45, 7) is 2.20. The molecule has 0 aromatic heterocycles. The number of hydrogen-bond acceptors (Lipinski definition) is 3. The third kappa shape index (κ3) is 3.47. The van der Waals surface area contributed by atoms with Crippen LogP contribution in [0, 0.1) is 5.92 Å². The molecule has 0 saturated heterocycles. The first-order chi connectivity index (χ1) is 6.72. The lowest BCUT2D eigenvalue weighted by Crippen LogP contribution is -2.04. The molecule has 1 atom stereocenters. The van der Waals surface area contributed by atoms with Gasteiger partial charge in [0.05, 0.1) is 6.61 Å². The molecule has 0 spiro atoms. The van der Waals surface area contributed by atoms with E-state index in [1.165, 1.54) is 6.08 Å². The molecule has 0 bridgehead atoms. The van der Waals surface area contributed by atoms with Crippen LogP contribution in [0.15, 0.2) is 36.1 Å². The van der Waals surface area contributed by atoms with Gasteiger partial charge in [-0.05, 0) is 25.3 Å². The molecule has 0 saturated carbocycles. The van der Waals surface area contributed by atoms with Crippen LogP contribution < -0.4 is 5.73 Å². The maximum Gasteiger partial charge on any atom is 0.330 e. The predicted molar refractivity (Wildman–Crippen MR) is 55.3 cm³/mol. The highest BCUT2D eigenvalue weighted by Gasteiger charge is 2.04. The van der Waals surface area contributed by atoms with Gasteiger partial charge in [-0.1, -0.05) is 18.2 Å². The highest BCUT2D eigenvalue weighted by Crippen LogP contribution is 2.14. The fourth-order valence-electron chi connectivity index (χ4n) is 1.19. The van der Waals surface area contributed by atoms with Crippen LogP contribution in [0.5, 0.6) is 0 Å². The van der Waals surface area contributed by atoms with Crippen LogP contribution in [0.1, 0.15) is 13.3 Å². The lowest BCUT2D eigenvalue weighted by Gasteiger charge is -2.09. The summed E-state index contributed by atoms with van der Waals surface area (Å²) in [4.78, 5) is 11.0. The maximum atomic E-state index is 11.0. The van der Waals surface area contributed by atoms with Crippen LogP contribution in [-0.4, -0.2) is 12.6 Å². The Kier molecular flexibility index (Phi) is 3.98. The molecule has 1 unspecified atom stereocenters. The lowest BCUT2D eigenvalue weighted by molar-refractivity contribution is -0.137. The van der Waals surface area contributed by atoms with E-state index in [1.807, 2.05) is 24.3 Å². The van der Waals surface area contributed by atoms with Crippen molar-refractivity contribution in [2.24, 2.45) is 11.7 Å². The summed E-state index contributed by atoms with van der Waals surface area (Å²) < 4.78 is 4.76. The second-order valence-electron chi connectivity index (χ2n) is 3.07. The van der Waals surface area contributed by atoms with Gasteiger partial charge in [-0.2, -0.15) is 0 Å². The zero-order valence-electron chi connectivity index (χ0n) is 8.27. The number of rotatable bonds is 3. The topological polar surface area (TPSA) is 52.3 Å². The second-order valence-corrected chi connectivity index (χ2v) is 3.07. The van der Waals surface area contributed by atoms with Crippen molar-refractivity contribution in [1.29, 1.82) is 0 Å². The van der Waals surface area contributed by atoms with Gasteiger partial charge < -0.3 is 10.5 Å². The standard InChI is InChI=1S/C11H15NO2/c1-2-14-11(13)8-5-9-3-6-10(12)7-4-9/h3,5-9H,2,4,12H2,1H3/b8-5+. The minimum atomic E-state index is -0.288. The van der Waals surface area contributed by atoms with Gasteiger partial charge in [0.15, 0.2) is 0 Å². The predicted octanol–water partition coefficient (Wildman–Crippen LogP) is 1.52. The molecule has 2 N–H and O–H groups in total. The molecule has 3 nitrogen and oxygen atoms in total. The average Bonchev–Trinajstić information content (AvgIpc) is 2.17. The summed E-state index contributed by atoms with van der Waals surface area (Å²) in [6.07, 6.45) is 9.92. The molecule has 14 heavy (non-hydrogen) atoms. The van der Waals surface area contributed by atoms with Crippen molar-refractivity contribution in [3.63, 3.8) is 0 Å². The molecular formula is C11H15NO2. The van der Waals surface area contributed by atoms with Gasteiger partial charge in [0.1, 0.15) is 0 Å². The Balaban J connectivity index is 2.39. The summed E-state index contributed by atoms with van der Waals surface area (Å²) in [6, 6.07) is 0. The van der Waals surface area contributed by atoms with Gasteiger partial charge in [0.2, 0.25) is 0 Å². The van der Waals surface area contributed by atoms with Crippen molar-refractivity contribution in [3.8, 4) is 0 Å². The molecule has 76 valence electrons. The fourth-order valence-corrected chi connectivity index (χ4v) is 1.19. The Morgan fingerprint density at radius 1 is 1.79 bits per heavy atom. The van der Waals surface area contributed by atoms with Crippen molar-refractivity contribution in [1.82, 2.24) is 0 Å². The third-order valence-electron chi connectivity index (χ3n) is 1.93. The SMILES string of the molecule is CCOC(=O)/C=C/C1C=CC(N)=CC1. The molecule has 0 amide bonds. The maximum absolute atomic E-state index is 11.0. The summed E-state index contributed by atoms with van der Waals surface area (Å²) in [5.74, 6) is -0.0323. The first kappa shape index (κ1) is 10.6. The Morgan fingerprint density at radius 3 is 3.14 bits per heavy atom. The van der Waals surface area contributed by atoms with Gasteiger partial charge in [0, 0.05) is 11.8 Å². The number of hydrogen-bond donors (Lipinski definition) is 1. The van der Waals surface area contributed by atoms with Crippen LogP contribution in [0.3, 0.4) is 0 Å². The van der Waals surface area contributed by atoms with Crippen LogP contribution in [0.2, 0.25) is 0 Å². The van der Waals surface area contributed by atoms with Crippen LogP contribution in [0.4, 0.5) is 0 Å². The molecule has 1 aliphatic carbocycles. The normalized spacial score (nSPS) is 20.9. The first-order valence-corrected chi connectivity index (χ1v) is 4.71. The number of carbonyl (C=O) groups excluding carboxylic acids is 1. The van der Waals surface area contributed by atoms with E-state index in [0.717, 1.165) is 12.1 Å². The molecular weight excluding hydrogens is 178 g/mol. The highest BCUT2D eigenvalue weighted by molar-refractivity contribution is 5.81. The zero-order valence-corrected chi connectivity index (χ0v) is 8.27. The summed E-state index contributed by atoms with van der Waals surface area (Å²) in [7, 11) is 0. The lowest BCUT2D eigenvalue weighted by atomic mass is 9.99. The Bertz CT molecular complexity index is 290. The van der Waals surface area contributed by atoms with Gasteiger partial charge in [-0.25, -0.2) is 4.79 Å². The molecule has 0 aromatic carbocycles. The summed E-state index contributed by atoms with van der Waals surface area (Å²) in [5.41, 5.74) is 6.34. The van der Waals surface area contributed by atoms with Crippen LogP contribution >= 0.6 is 0 Å². The van der Waals surface area contributed by atoms with E-state index in [9.17, 15) is 4.79 Å². The van der Waals surface area contributed by atoms with E-state index in [1.54, 1.807) is 6.92 Å². The van der Waals surface area contributed by atoms with Crippen molar-refractivity contribution in [2.75, 3.05) is 6.61 Å². The Morgan fingerprint density at radius 2 is 2.57 bits per heavy atom. The largest absolute Gasteiger partial charge is 0.463 e. The molecule has 1 rings (SSSR count). The highest BCUT2D eigenvalue weighted by atomic mass is 16.5. The molecule has 0 aliphatic heterocycles. The fraction of sp³-hybridized carbons (Fsp3) is 0.364. The quantitative estimate of drug-likeness (QED) is 0.546. The summed E-state index contributed by atoms with van der Waals surface area (Å²) >= 11 is 0. The zero-order chi connectivity index (χ0) is 10.4. The van der Waals surface area contributed by atoms with Crippen molar-refractivity contribution >= 4 is 5.97 Å². The minimum Gasteiger partial charge on any atom is -0.463 e. The number of nitrogens with two attached hydrogens (primary N) is 1. The molecule has 0 heterocycles. The van der Waals surface area contributed by atoms with Gasteiger partial charge >= 0.3 is 5.97 Å². The number of carbonyl (C=O) groups is 1. The van der Waals surface area contributed by atoms with Gasteiger partial charge in [-0.3, -0.25) is 0 Å². The molecule has 0 radical (unpaired) electrons. The third-order valence-corrected chi connectivity index (χ3v) is 1.93. The Hall–Kier alpha value is -1.51. The monoisotopic (exact) mass is 193 g/mol. The van der Waals surface area contributed by atoms with Crippen LogP contribution in [-0.2, 0) is 9.53 Å². The molecule has 1 aliphatic rings. The van der Waals surface area contributed by atoms with E-state index < -0.39 is 0 Å². The molecule has 3 heteroatoms. The van der Waals surface area contributed by atoms with Crippen molar-refractivity contribution in [2.45, 2.75) is 13.3 Å². The van der Waals surface area contributed by atoms with Gasteiger partial charge in [0.25, 0.3) is 0 Å². The van der Waals surface area contributed by atoms with Crippen molar-refractivity contribution in [3.05, 3.63) is 36.1 Å². The van der Waals surface area contributed by atoms with E-state index >= 15 is 0 Å². The number of allylic oxidation sites excluding steroid dienone is 4. The van der Waals surface area contributed by atoms with Crippen molar-refractivity contribution < 1.29 is 9.53 Å². The first-order valence-electron chi connectivity index (χ1n) is 4.71. The van der Waals surface area contributed by atoms with Gasteiger partial charge in [-0.15, -0.1) is 0 Å². The molecule has 0 fully saturated rings. The minimum absolute atomic E-state index is 0.256. The second kappa shape index (κ2) is 5.27. The number of ether oxygens (including phenoxy) is 1. The molecule has 0 aromatic rings. The van der Waals surface area contributed by atoms with Crippen LogP contribution in [0.25, 0.3) is 0 Å². The Labute approximate surface area is 83.9 Å². The summed E-state index contributed by atoms with van der Waals surface area (Å²) in [5, 5.41) is 0. The average molecular weight is 193 g/mol.